The first kappa shape index (κ1) is 22.3. The van der Waals surface area contributed by atoms with E-state index in [1.54, 1.807) is 6.92 Å². The van der Waals surface area contributed by atoms with Crippen LogP contribution in [0.3, 0.4) is 0 Å². The second-order valence-corrected chi connectivity index (χ2v) is 10.3. The first-order chi connectivity index (χ1) is 16.2. The summed E-state index contributed by atoms with van der Waals surface area (Å²) in [5.41, 5.74) is 7.60. The number of H-pyrrole nitrogens is 1. The third-order valence-corrected chi connectivity index (χ3v) is 6.67. The zero-order valence-electron chi connectivity index (χ0n) is 20.1. The van der Waals surface area contributed by atoms with Crippen LogP contribution >= 0.6 is 0 Å². The van der Waals surface area contributed by atoms with Gasteiger partial charge in [-0.1, -0.05) is 32.0 Å². The molecule has 2 aromatic heterocycles. The Hall–Kier alpha value is -3.45. The van der Waals surface area contributed by atoms with Crippen molar-refractivity contribution in [2.45, 2.75) is 52.7 Å². The Kier molecular flexibility index (Phi) is 5.52. The SMILES string of the molecule is CC(O)CNC(=O)c1ccc(C(C)n2cc3cc(-c4n[nH]c5c4CC(C)(C)C5)ccc3n2)cc1. The average Bonchev–Trinajstić information content (AvgIpc) is 3.47. The van der Waals surface area contributed by atoms with Crippen molar-refractivity contribution in [2.24, 2.45) is 5.41 Å². The number of aliphatic hydroxyl groups is 1. The summed E-state index contributed by atoms with van der Waals surface area (Å²) in [7, 11) is 0. The molecule has 0 bridgehead atoms. The minimum Gasteiger partial charge on any atom is -0.392 e. The van der Waals surface area contributed by atoms with Gasteiger partial charge in [-0.25, -0.2) is 0 Å². The van der Waals surface area contributed by atoms with Crippen LogP contribution < -0.4 is 5.32 Å². The first-order valence-corrected chi connectivity index (χ1v) is 11.8. The lowest BCUT2D eigenvalue weighted by atomic mass is 9.90. The van der Waals surface area contributed by atoms with E-state index in [-0.39, 0.29) is 23.9 Å². The molecule has 2 heterocycles. The highest BCUT2D eigenvalue weighted by Gasteiger charge is 2.32. The number of benzene rings is 2. The standard InChI is InChI=1S/C27H31N5O2/c1-16(33)14-28-26(34)19-7-5-18(6-8-19)17(2)32-15-21-11-20(9-10-23(21)31-32)25-22-12-27(3,4)13-24(22)29-30-25/h5-11,15-17,33H,12-14H2,1-4H3,(H,28,34)(H,29,30). The molecule has 1 aliphatic carbocycles. The Bertz CT molecular complexity index is 1350. The predicted molar refractivity (Wildman–Crippen MR) is 133 cm³/mol. The molecular formula is C27H31N5O2. The first-order valence-electron chi connectivity index (χ1n) is 11.8. The zero-order valence-corrected chi connectivity index (χ0v) is 20.1. The lowest BCUT2D eigenvalue weighted by Gasteiger charge is -2.15. The lowest BCUT2D eigenvalue weighted by molar-refractivity contribution is 0.0924. The van der Waals surface area contributed by atoms with Gasteiger partial charge in [0.2, 0.25) is 0 Å². The summed E-state index contributed by atoms with van der Waals surface area (Å²) in [6, 6.07) is 13.9. The number of nitrogens with one attached hydrogen (secondary N) is 2. The van der Waals surface area contributed by atoms with Gasteiger partial charge in [0.25, 0.3) is 5.91 Å². The van der Waals surface area contributed by atoms with E-state index in [1.807, 2.05) is 28.9 Å². The summed E-state index contributed by atoms with van der Waals surface area (Å²) in [4.78, 5) is 12.2. The van der Waals surface area contributed by atoms with Crippen LogP contribution in [-0.4, -0.2) is 43.6 Å². The van der Waals surface area contributed by atoms with Crippen LogP contribution in [0.4, 0.5) is 0 Å². The normalized spacial score (nSPS) is 16.4. The van der Waals surface area contributed by atoms with E-state index < -0.39 is 6.10 Å². The van der Waals surface area contributed by atoms with Crippen LogP contribution in [0, 0.1) is 5.41 Å². The van der Waals surface area contributed by atoms with Gasteiger partial charge in [-0.05, 0) is 61.9 Å². The molecule has 0 saturated heterocycles. The summed E-state index contributed by atoms with van der Waals surface area (Å²) >= 11 is 0. The molecule has 2 atom stereocenters. The fourth-order valence-corrected chi connectivity index (χ4v) is 4.79. The van der Waals surface area contributed by atoms with Crippen molar-refractivity contribution in [3.8, 4) is 11.3 Å². The summed E-state index contributed by atoms with van der Waals surface area (Å²) < 4.78 is 1.97. The number of fused-ring (bicyclic) bond motifs is 2. The van der Waals surface area contributed by atoms with Gasteiger partial charge in [0.15, 0.2) is 0 Å². The topological polar surface area (TPSA) is 95.8 Å². The summed E-state index contributed by atoms with van der Waals surface area (Å²) in [5, 5.41) is 25.8. The molecule has 7 heteroatoms. The Balaban J connectivity index is 1.37. The minimum absolute atomic E-state index is 0.0147. The molecule has 2 unspecified atom stereocenters. The molecule has 34 heavy (non-hydrogen) atoms. The molecule has 3 N–H and O–H groups in total. The van der Waals surface area contributed by atoms with E-state index in [1.165, 1.54) is 11.3 Å². The van der Waals surface area contributed by atoms with Crippen molar-refractivity contribution >= 4 is 16.8 Å². The number of hydrogen-bond donors (Lipinski definition) is 3. The zero-order chi connectivity index (χ0) is 24.0. The maximum atomic E-state index is 12.2. The molecular weight excluding hydrogens is 426 g/mol. The number of carbonyl (C=O) groups excluding carboxylic acids is 1. The number of rotatable bonds is 6. The van der Waals surface area contributed by atoms with Crippen LogP contribution in [0.2, 0.25) is 0 Å². The van der Waals surface area contributed by atoms with Gasteiger partial charge in [-0.2, -0.15) is 10.2 Å². The largest absolute Gasteiger partial charge is 0.392 e. The van der Waals surface area contributed by atoms with Crippen molar-refractivity contribution < 1.29 is 9.90 Å². The number of aromatic amines is 1. The molecule has 7 nitrogen and oxygen atoms in total. The molecule has 0 spiro atoms. The van der Waals surface area contributed by atoms with Gasteiger partial charge in [0.05, 0.1) is 23.4 Å². The third-order valence-electron chi connectivity index (χ3n) is 6.67. The highest BCUT2D eigenvalue weighted by molar-refractivity contribution is 5.94. The Morgan fingerprint density at radius 1 is 1.18 bits per heavy atom. The number of amides is 1. The second-order valence-electron chi connectivity index (χ2n) is 10.3. The average molecular weight is 458 g/mol. The molecule has 0 saturated carbocycles. The Morgan fingerprint density at radius 3 is 2.68 bits per heavy atom. The van der Waals surface area contributed by atoms with Crippen molar-refractivity contribution in [1.82, 2.24) is 25.3 Å². The number of hydrogen-bond acceptors (Lipinski definition) is 4. The fourth-order valence-electron chi connectivity index (χ4n) is 4.79. The molecule has 1 aliphatic rings. The summed E-state index contributed by atoms with van der Waals surface area (Å²) in [6.07, 6.45) is 3.58. The van der Waals surface area contributed by atoms with Gasteiger partial charge < -0.3 is 10.4 Å². The Labute approximate surface area is 199 Å². The third kappa shape index (κ3) is 4.23. The number of carbonyl (C=O) groups is 1. The molecule has 4 aromatic rings. The molecule has 1 amide bonds. The molecule has 2 aromatic carbocycles. The molecule has 0 radical (unpaired) electrons. The van der Waals surface area contributed by atoms with Crippen LogP contribution in [-0.2, 0) is 12.8 Å². The van der Waals surface area contributed by atoms with E-state index in [0.717, 1.165) is 40.6 Å². The van der Waals surface area contributed by atoms with Gasteiger partial charge in [0.1, 0.15) is 0 Å². The summed E-state index contributed by atoms with van der Waals surface area (Å²) in [6.45, 7) is 8.57. The molecule has 0 aliphatic heterocycles. The van der Waals surface area contributed by atoms with E-state index >= 15 is 0 Å². The smallest absolute Gasteiger partial charge is 0.251 e. The predicted octanol–water partition coefficient (Wildman–Crippen LogP) is 4.27. The quantitative estimate of drug-likeness (QED) is 0.403. The van der Waals surface area contributed by atoms with Crippen LogP contribution in [0.25, 0.3) is 22.2 Å². The van der Waals surface area contributed by atoms with Crippen LogP contribution in [0.1, 0.15) is 60.9 Å². The van der Waals surface area contributed by atoms with Crippen molar-refractivity contribution in [1.29, 1.82) is 0 Å². The maximum absolute atomic E-state index is 12.2. The monoisotopic (exact) mass is 457 g/mol. The molecule has 5 rings (SSSR count). The van der Waals surface area contributed by atoms with Gasteiger partial charge in [-0.3, -0.25) is 14.6 Å². The highest BCUT2D eigenvalue weighted by Crippen LogP contribution is 2.40. The van der Waals surface area contributed by atoms with Crippen LogP contribution in [0.5, 0.6) is 0 Å². The highest BCUT2D eigenvalue weighted by atomic mass is 16.3. The van der Waals surface area contributed by atoms with E-state index in [2.05, 4.69) is 60.7 Å². The van der Waals surface area contributed by atoms with Gasteiger partial charge in [0, 0.05) is 40.5 Å². The van der Waals surface area contributed by atoms with Gasteiger partial charge >= 0.3 is 0 Å². The molecule has 0 fully saturated rings. The number of aromatic nitrogens is 4. The van der Waals surface area contributed by atoms with Crippen molar-refractivity contribution in [3.05, 3.63) is 71.0 Å². The van der Waals surface area contributed by atoms with Crippen molar-refractivity contribution in [2.75, 3.05) is 6.54 Å². The van der Waals surface area contributed by atoms with Gasteiger partial charge in [-0.15, -0.1) is 0 Å². The fraction of sp³-hybridized carbons (Fsp3) is 0.370. The number of nitrogens with zero attached hydrogens (tertiary/aromatic N) is 3. The Morgan fingerprint density at radius 2 is 1.94 bits per heavy atom. The maximum Gasteiger partial charge on any atom is 0.251 e. The molecule has 176 valence electrons. The van der Waals surface area contributed by atoms with Crippen molar-refractivity contribution in [3.63, 3.8) is 0 Å². The van der Waals surface area contributed by atoms with E-state index in [9.17, 15) is 9.90 Å². The summed E-state index contributed by atoms with van der Waals surface area (Å²) in [5.74, 6) is -0.189. The minimum atomic E-state index is -0.571. The van der Waals surface area contributed by atoms with E-state index in [4.69, 9.17) is 5.10 Å². The lowest BCUT2D eigenvalue weighted by Crippen LogP contribution is -2.30. The van der Waals surface area contributed by atoms with Crippen LogP contribution in [0.15, 0.2) is 48.7 Å². The second kappa shape index (κ2) is 8.40. The number of aliphatic hydroxyl groups excluding tert-OH is 1. The van der Waals surface area contributed by atoms with E-state index in [0.29, 0.717) is 5.56 Å².